The predicted molar refractivity (Wildman–Crippen MR) is 120 cm³/mol. The number of nitrogens with one attached hydrogen (secondary N) is 1. The van der Waals surface area contributed by atoms with Gasteiger partial charge in [0.2, 0.25) is 5.90 Å². The number of fused-ring (bicyclic) bond motifs is 10. The summed E-state index contributed by atoms with van der Waals surface area (Å²) in [7, 11) is 0. The highest BCUT2D eigenvalue weighted by Crippen LogP contribution is 2.55. The van der Waals surface area contributed by atoms with E-state index in [2.05, 4.69) is 23.2 Å². The van der Waals surface area contributed by atoms with Crippen molar-refractivity contribution < 1.29 is 19.1 Å². The average molecular weight is 420 g/mol. The minimum absolute atomic E-state index is 0.224. The molecule has 0 fully saturated rings. The zero-order valence-corrected chi connectivity index (χ0v) is 16.7. The summed E-state index contributed by atoms with van der Waals surface area (Å²) in [6.45, 7) is 0. The number of carboxylic acid groups (broad SMARTS) is 1. The van der Waals surface area contributed by atoms with Crippen LogP contribution >= 0.6 is 0 Å². The van der Waals surface area contributed by atoms with Crippen LogP contribution in [0.15, 0.2) is 82.2 Å². The Morgan fingerprint density at radius 1 is 0.906 bits per heavy atom. The quantitative estimate of drug-likeness (QED) is 0.375. The molecule has 0 bridgehead atoms. The van der Waals surface area contributed by atoms with Gasteiger partial charge in [-0.1, -0.05) is 36.4 Å². The summed E-state index contributed by atoms with van der Waals surface area (Å²) in [5, 5.41) is 11.4. The normalized spacial score (nSPS) is 18.7. The lowest BCUT2D eigenvalue weighted by Gasteiger charge is -2.22. The van der Waals surface area contributed by atoms with Crippen molar-refractivity contribution in [2.75, 3.05) is 0 Å². The summed E-state index contributed by atoms with van der Waals surface area (Å²) in [5.41, 5.74) is 5.99. The van der Waals surface area contributed by atoms with Crippen LogP contribution in [0.2, 0.25) is 0 Å². The van der Waals surface area contributed by atoms with Crippen molar-refractivity contribution >= 4 is 33.7 Å². The van der Waals surface area contributed by atoms with Gasteiger partial charge in [0.1, 0.15) is 11.6 Å². The van der Waals surface area contributed by atoms with E-state index in [1.807, 2.05) is 30.3 Å². The Morgan fingerprint density at radius 3 is 2.47 bits per heavy atom. The molecule has 3 aromatic carbocycles. The number of benzene rings is 3. The number of aromatic amines is 1. The topological polar surface area (TPSA) is 87.8 Å². The van der Waals surface area contributed by atoms with Crippen LogP contribution in [0.25, 0.3) is 33.0 Å². The van der Waals surface area contributed by atoms with Gasteiger partial charge in [-0.15, -0.1) is 0 Å². The van der Waals surface area contributed by atoms with Crippen LogP contribution in [0.3, 0.4) is 0 Å². The molecule has 6 nitrogen and oxygen atoms in total. The van der Waals surface area contributed by atoms with Crippen molar-refractivity contribution in [1.82, 2.24) is 4.98 Å². The van der Waals surface area contributed by atoms with Crippen LogP contribution in [-0.2, 0) is 4.74 Å². The fourth-order valence-corrected chi connectivity index (χ4v) is 4.90. The zero-order chi connectivity index (χ0) is 21.4. The first kappa shape index (κ1) is 17.4. The molecule has 6 heteroatoms. The van der Waals surface area contributed by atoms with Crippen LogP contribution in [0.4, 0.5) is 0 Å². The molecule has 2 atom stereocenters. The van der Waals surface area contributed by atoms with Crippen LogP contribution in [0.1, 0.15) is 39.5 Å². The van der Waals surface area contributed by atoms with Crippen LogP contribution in [-0.4, -0.2) is 22.0 Å². The molecule has 5 aromatic rings. The van der Waals surface area contributed by atoms with Gasteiger partial charge in [0.15, 0.2) is 11.9 Å². The third-order valence-electron chi connectivity index (χ3n) is 6.32. The second-order valence-corrected chi connectivity index (χ2v) is 8.10. The first-order valence-electron chi connectivity index (χ1n) is 10.4. The molecule has 32 heavy (non-hydrogen) atoms. The highest BCUT2D eigenvalue weighted by molar-refractivity contribution is 6.08. The van der Waals surface area contributed by atoms with E-state index in [-0.39, 0.29) is 11.6 Å². The number of hydrogen-bond acceptors (Lipinski definition) is 4. The number of furan rings is 1. The number of nitrogens with zero attached hydrogens (tertiary/aromatic N) is 1. The van der Waals surface area contributed by atoms with Crippen molar-refractivity contribution in [3.63, 3.8) is 0 Å². The van der Waals surface area contributed by atoms with Crippen molar-refractivity contribution in [2.24, 2.45) is 4.99 Å². The predicted octanol–water partition coefficient (Wildman–Crippen LogP) is 5.85. The molecule has 2 aromatic heterocycles. The molecule has 154 valence electrons. The Labute approximate surface area is 181 Å². The molecule has 2 aliphatic rings. The van der Waals surface area contributed by atoms with Crippen LogP contribution in [0.5, 0.6) is 0 Å². The summed E-state index contributed by atoms with van der Waals surface area (Å²) in [5.74, 6) is 0.290. The first-order valence-corrected chi connectivity index (χ1v) is 10.4. The molecule has 7 rings (SSSR count). The second-order valence-electron chi connectivity index (χ2n) is 8.10. The van der Waals surface area contributed by atoms with E-state index in [0.717, 1.165) is 50.0 Å². The minimum Gasteiger partial charge on any atom is -0.478 e. The van der Waals surface area contributed by atoms with E-state index >= 15 is 0 Å². The Hall–Kier alpha value is -4.32. The summed E-state index contributed by atoms with van der Waals surface area (Å²) in [6.07, 6.45) is -0.396. The van der Waals surface area contributed by atoms with Gasteiger partial charge in [-0.05, 0) is 36.4 Å². The lowest BCUT2D eigenvalue weighted by atomic mass is 9.87. The highest BCUT2D eigenvalue weighted by atomic mass is 16.5. The van der Waals surface area contributed by atoms with E-state index in [1.54, 1.807) is 24.3 Å². The van der Waals surface area contributed by atoms with Crippen molar-refractivity contribution in [2.45, 2.75) is 12.1 Å². The number of aromatic nitrogens is 1. The fraction of sp³-hybridized carbons (Fsp3) is 0.0769. The number of rotatable bonds is 2. The molecule has 0 radical (unpaired) electrons. The number of para-hydroxylation sites is 2. The third-order valence-corrected chi connectivity index (χ3v) is 6.32. The minimum atomic E-state index is -0.964. The van der Waals surface area contributed by atoms with Crippen LogP contribution in [0, 0.1) is 0 Å². The summed E-state index contributed by atoms with van der Waals surface area (Å²) in [4.78, 5) is 19.7. The maximum Gasteiger partial charge on any atom is 0.335 e. The van der Waals surface area contributed by atoms with E-state index in [9.17, 15) is 9.90 Å². The molecule has 1 aliphatic carbocycles. The smallest absolute Gasteiger partial charge is 0.335 e. The SMILES string of the molecule is O=C(O)c1ccc(C2=NC3c4[nH]c5ccccc5c4-c4c(oc5ccccc45)C3O2)cc1. The largest absolute Gasteiger partial charge is 0.478 e. The van der Waals surface area contributed by atoms with Gasteiger partial charge in [-0.2, -0.15) is 0 Å². The lowest BCUT2D eigenvalue weighted by Crippen LogP contribution is -2.14. The van der Waals surface area contributed by atoms with Crippen molar-refractivity contribution in [3.8, 4) is 11.1 Å². The number of carbonyl (C=O) groups is 1. The Balaban J connectivity index is 1.46. The Morgan fingerprint density at radius 2 is 1.66 bits per heavy atom. The van der Waals surface area contributed by atoms with Crippen molar-refractivity contribution in [1.29, 1.82) is 0 Å². The lowest BCUT2D eigenvalue weighted by molar-refractivity contribution is 0.0697. The zero-order valence-electron chi connectivity index (χ0n) is 16.7. The van der Waals surface area contributed by atoms with E-state index in [1.165, 1.54) is 0 Å². The molecule has 0 amide bonds. The summed E-state index contributed by atoms with van der Waals surface area (Å²) in [6, 6.07) is 22.6. The average Bonchev–Trinajstić information content (AvgIpc) is 3.51. The molecule has 3 heterocycles. The van der Waals surface area contributed by atoms with E-state index < -0.39 is 12.1 Å². The molecule has 2 N–H and O–H groups in total. The summed E-state index contributed by atoms with van der Waals surface area (Å²) < 4.78 is 12.7. The number of aliphatic imine (C=N–C) groups is 1. The number of aromatic carboxylic acids is 1. The van der Waals surface area contributed by atoms with E-state index in [4.69, 9.17) is 14.1 Å². The van der Waals surface area contributed by atoms with Crippen LogP contribution < -0.4 is 0 Å². The molecule has 0 saturated carbocycles. The van der Waals surface area contributed by atoms with Gasteiger partial charge in [0.05, 0.1) is 11.3 Å². The van der Waals surface area contributed by atoms with Gasteiger partial charge in [-0.3, -0.25) is 0 Å². The van der Waals surface area contributed by atoms with Gasteiger partial charge >= 0.3 is 5.97 Å². The molecule has 0 saturated heterocycles. The molecular formula is C26H16N2O4. The number of carboxylic acids is 1. The number of ether oxygens (including phenoxy) is 1. The van der Waals surface area contributed by atoms with Gasteiger partial charge in [0.25, 0.3) is 0 Å². The number of hydrogen-bond donors (Lipinski definition) is 2. The molecule has 2 unspecified atom stereocenters. The van der Waals surface area contributed by atoms with Gasteiger partial charge in [-0.25, -0.2) is 9.79 Å². The number of H-pyrrole nitrogens is 1. The second kappa shape index (κ2) is 6.11. The Kier molecular flexibility index (Phi) is 3.31. The van der Waals surface area contributed by atoms with Gasteiger partial charge in [0, 0.05) is 33.0 Å². The first-order chi connectivity index (χ1) is 15.7. The summed E-state index contributed by atoms with van der Waals surface area (Å²) >= 11 is 0. The molecule has 0 spiro atoms. The van der Waals surface area contributed by atoms with Crippen molar-refractivity contribution in [3.05, 3.63) is 95.4 Å². The van der Waals surface area contributed by atoms with E-state index in [0.29, 0.717) is 5.90 Å². The standard InChI is InChI=1S/C26H16N2O4/c29-26(30)14-11-9-13(10-12-14)25-28-22-21-19(15-5-1-3-7-17(15)27-21)20-16-6-2-4-8-18(16)31-23(20)24(22)32-25/h1-12,22,24,27H,(H,29,30). The maximum atomic E-state index is 11.2. The Bertz CT molecular complexity index is 1590. The van der Waals surface area contributed by atoms with Gasteiger partial charge < -0.3 is 19.2 Å². The third kappa shape index (κ3) is 2.23. The highest BCUT2D eigenvalue weighted by Gasteiger charge is 2.45. The molecular weight excluding hydrogens is 404 g/mol. The molecule has 1 aliphatic heterocycles. The fourth-order valence-electron chi connectivity index (χ4n) is 4.90. The maximum absolute atomic E-state index is 11.2. The monoisotopic (exact) mass is 420 g/mol.